The summed E-state index contributed by atoms with van der Waals surface area (Å²) in [5.74, 6) is 2.01. The molecule has 0 amide bonds. The second-order valence-electron chi connectivity index (χ2n) is 8.97. The van der Waals surface area contributed by atoms with Gasteiger partial charge in [0.05, 0.1) is 0 Å². The highest BCUT2D eigenvalue weighted by Gasteiger charge is 2.21. The Hall–Kier alpha value is -0.860. The van der Waals surface area contributed by atoms with Crippen LogP contribution in [0.3, 0.4) is 0 Å². The van der Waals surface area contributed by atoms with Gasteiger partial charge in [-0.15, -0.1) is 0 Å². The summed E-state index contributed by atoms with van der Waals surface area (Å²) < 4.78 is 0. The smallest absolute Gasteiger partial charge is 0.0233 e. The van der Waals surface area contributed by atoms with Crippen LogP contribution in [0.4, 0.5) is 0 Å². The minimum absolute atomic E-state index is 0.990. The van der Waals surface area contributed by atoms with Crippen molar-refractivity contribution in [2.24, 2.45) is 11.8 Å². The van der Waals surface area contributed by atoms with Crippen LogP contribution in [0.25, 0.3) is 0 Å². The van der Waals surface area contributed by atoms with E-state index in [4.69, 9.17) is 0 Å². The number of nitrogens with zero attached hydrogens (tertiary/aromatic N) is 2. The van der Waals surface area contributed by atoms with Gasteiger partial charge in [-0.2, -0.15) is 0 Å². The van der Waals surface area contributed by atoms with Crippen molar-refractivity contribution in [3.63, 3.8) is 0 Å². The first-order chi connectivity index (χ1) is 12.7. The maximum Gasteiger partial charge on any atom is 0.0233 e. The average molecular weight is 357 g/mol. The van der Waals surface area contributed by atoms with Gasteiger partial charge in [-0.05, 0) is 88.3 Å². The third-order valence-corrected chi connectivity index (χ3v) is 6.71. The highest BCUT2D eigenvalue weighted by atomic mass is 15.1. The summed E-state index contributed by atoms with van der Waals surface area (Å²) in [6.45, 7) is 8.67. The Morgan fingerprint density at radius 1 is 0.885 bits per heavy atom. The normalized spacial score (nSPS) is 21.3. The van der Waals surface area contributed by atoms with E-state index in [-0.39, 0.29) is 0 Å². The number of hydrogen-bond donors (Lipinski definition) is 0. The van der Waals surface area contributed by atoms with Crippen LogP contribution in [0.1, 0.15) is 69.4 Å². The molecule has 2 saturated heterocycles. The van der Waals surface area contributed by atoms with Gasteiger partial charge in [-0.1, -0.05) is 56.9 Å². The van der Waals surface area contributed by atoms with E-state index >= 15 is 0 Å². The lowest BCUT2D eigenvalue weighted by Crippen LogP contribution is -2.33. The Labute approximate surface area is 162 Å². The van der Waals surface area contributed by atoms with Gasteiger partial charge in [0.15, 0.2) is 0 Å². The molecule has 1 aromatic carbocycles. The van der Waals surface area contributed by atoms with Crippen molar-refractivity contribution in [2.75, 3.05) is 33.2 Å². The molecular weight excluding hydrogens is 316 g/mol. The van der Waals surface area contributed by atoms with E-state index in [2.05, 4.69) is 48.0 Å². The topological polar surface area (TPSA) is 6.48 Å². The van der Waals surface area contributed by atoms with Crippen LogP contribution in [0.2, 0.25) is 0 Å². The molecule has 2 heteroatoms. The summed E-state index contributed by atoms with van der Waals surface area (Å²) >= 11 is 0. The van der Waals surface area contributed by atoms with Crippen molar-refractivity contribution in [1.29, 1.82) is 0 Å². The zero-order valence-corrected chi connectivity index (χ0v) is 17.3. The summed E-state index contributed by atoms with van der Waals surface area (Å²) in [6.07, 6.45) is 12.6. The van der Waals surface area contributed by atoms with E-state index in [9.17, 15) is 0 Å². The summed E-state index contributed by atoms with van der Waals surface area (Å²) in [5, 5.41) is 0. The number of piperidine rings is 2. The van der Waals surface area contributed by atoms with Gasteiger partial charge in [0.2, 0.25) is 0 Å². The lowest BCUT2D eigenvalue weighted by Gasteiger charge is -2.33. The molecule has 146 valence electrons. The van der Waals surface area contributed by atoms with Crippen LogP contribution in [-0.4, -0.2) is 43.0 Å². The van der Waals surface area contributed by atoms with Crippen LogP contribution in [0.5, 0.6) is 0 Å². The average Bonchev–Trinajstić information content (AvgIpc) is 2.65. The standard InChI is InChI=1S/C24H40N2/c1-3-6-23-9-5-10-24(19-23)20-26-17-13-22(14-18-26)8-4-7-21-11-15-25(2)16-12-21/h5,9-10,19,21-22H,3-4,6-8,11-18,20H2,1-2H3. The maximum absolute atomic E-state index is 2.68. The van der Waals surface area contributed by atoms with Crippen molar-refractivity contribution >= 4 is 0 Å². The molecule has 2 aliphatic heterocycles. The van der Waals surface area contributed by atoms with Crippen LogP contribution in [0.15, 0.2) is 24.3 Å². The molecule has 2 fully saturated rings. The zero-order valence-electron chi connectivity index (χ0n) is 17.3. The Kier molecular flexibility index (Phi) is 8.01. The van der Waals surface area contributed by atoms with Crippen LogP contribution < -0.4 is 0 Å². The van der Waals surface area contributed by atoms with E-state index in [1.54, 1.807) is 0 Å². The van der Waals surface area contributed by atoms with Crippen LogP contribution in [0, 0.1) is 11.8 Å². The number of benzene rings is 1. The highest BCUT2D eigenvalue weighted by Crippen LogP contribution is 2.27. The van der Waals surface area contributed by atoms with Crippen molar-refractivity contribution in [3.8, 4) is 0 Å². The lowest BCUT2D eigenvalue weighted by atomic mass is 9.87. The van der Waals surface area contributed by atoms with Gasteiger partial charge in [-0.25, -0.2) is 0 Å². The van der Waals surface area contributed by atoms with E-state index < -0.39 is 0 Å². The zero-order chi connectivity index (χ0) is 18.2. The molecule has 0 atom stereocenters. The minimum Gasteiger partial charge on any atom is -0.306 e. The molecule has 26 heavy (non-hydrogen) atoms. The molecule has 0 N–H and O–H groups in total. The highest BCUT2D eigenvalue weighted by molar-refractivity contribution is 5.23. The van der Waals surface area contributed by atoms with Crippen LogP contribution in [-0.2, 0) is 13.0 Å². The number of likely N-dealkylation sites (tertiary alicyclic amines) is 2. The number of hydrogen-bond acceptors (Lipinski definition) is 2. The number of rotatable bonds is 8. The van der Waals surface area contributed by atoms with Gasteiger partial charge in [0, 0.05) is 6.54 Å². The van der Waals surface area contributed by atoms with Gasteiger partial charge in [0.1, 0.15) is 0 Å². The molecule has 0 aromatic heterocycles. The predicted molar refractivity (Wildman–Crippen MR) is 113 cm³/mol. The Bertz CT molecular complexity index is 511. The van der Waals surface area contributed by atoms with E-state index in [0.717, 1.165) is 18.4 Å². The third-order valence-electron chi connectivity index (χ3n) is 6.71. The number of aryl methyl sites for hydroxylation is 1. The lowest BCUT2D eigenvalue weighted by molar-refractivity contribution is 0.165. The van der Waals surface area contributed by atoms with Gasteiger partial charge >= 0.3 is 0 Å². The molecule has 0 saturated carbocycles. The molecular formula is C24H40N2. The molecule has 0 radical (unpaired) electrons. The van der Waals surface area contributed by atoms with E-state index in [1.807, 2.05) is 0 Å². The SMILES string of the molecule is CCCc1cccc(CN2CCC(CCCC3CCN(C)CC3)CC2)c1. The molecule has 0 bridgehead atoms. The van der Waals surface area contributed by atoms with Crippen molar-refractivity contribution in [3.05, 3.63) is 35.4 Å². The molecule has 1 aromatic rings. The van der Waals surface area contributed by atoms with Crippen LogP contribution >= 0.6 is 0 Å². The summed E-state index contributed by atoms with van der Waals surface area (Å²) in [4.78, 5) is 5.17. The molecule has 0 spiro atoms. The van der Waals surface area contributed by atoms with E-state index in [1.165, 1.54) is 95.1 Å². The predicted octanol–water partition coefficient (Wildman–Crippen LogP) is 5.36. The van der Waals surface area contributed by atoms with Crippen molar-refractivity contribution in [1.82, 2.24) is 9.80 Å². The molecule has 0 unspecified atom stereocenters. The molecule has 2 aliphatic rings. The second kappa shape index (κ2) is 10.5. The Balaban J connectivity index is 1.32. The Morgan fingerprint density at radius 3 is 2.15 bits per heavy atom. The first kappa shape index (κ1) is 19.9. The fourth-order valence-electron chi connectivity index (χ4n) is 4.91. The summed E-state index contributed by atoms with van der Waals surface area (Å²) in [6, 6.07) is 9.27. The maximum atomic E-state index is 2.68. The molecule has 2 heterocycles. The first-order valence-corrected chi connectivity index (χ1v) is 11.2. The third kappa shape index (κ3) is 6.39. The Morgan fingerprint density at radius 2 is 1.50 bits per heavy atom. The monoisotopic (exact) mass is 356 g/mol. The van der Waals surface area contributed by atoms with Gasteiger partial charge < -0.3 is 4.90 Å². The first-order valence-electron chi connectivity index (χ1n) is 11.2. The van der Waals surface area contributed by atoms with Gasteiger partial charge in [0.25, 0.3) is 0 Å². The summed E-state index contributed by atoms with van der Waals surface area (Å²) in [7, 11) is 2.27. The molecule has 0 aliphatic carbocycles. The molecule has 3 rings (SSSR count). The second-order valence-corrected chi connectivity index (χ2v) is 8.97. The quantitative estimate of drug-likeness (QED) is 0.618. The van der Waals surface area contributed by atoms with Gasteiger partial charge in [-0.3, -0.25) is 4.90 Å². The fraction of sp³-hybridized carbons (Fsp3) is 0.750. The van der Waals surface area contributed by atoms with Crippen molar-refractivity contribution < 1.29 is 0 Å². The minimum atomic E-state index is 0.990. The van der Waals surface area contributed by atoms with E-state index in [0.29, 0.717) is 0 Å². The van der Waals surface area contributed by atoms with Crippen molar-refractivity contribution in [2.45, 2.75) is 71.3 Å². The molecule has 2 nitrogen and oxygen atoms in total. The largest absolute Gasteiger partial charge is 0.306 e. The summed E-state index contributed by atoms with van der Waals surface area (Å²) in [5.41, 5.74) is 3.02. The fourth-order valence-corrected chi connectivity index (χ4v) is 4.91.